The van der Waals surface area contributed by atoms with Crippen molar-refractivity contribution in [2.45, 2.75) is 5.16 Å². The maximum absolute atomic E-state index is 13.4. The van der Waals surface area contributed by atoms with E-state index in [-0.39, 0.29) is 34.0 Å². The molecule has 0 spiro atoms. The summed E-state index contributed by atoms with van der Waals surface area (Å²) in [6, 6.07) is 12.2. The smallest absolute Gasteiger partial charge is 0.409 e. The lowest BCUT2D eigenvalue weighted by atomic mass is 10.2. The normalized spacial score (nSPS) is 11.3. The molecule has 0 aliphatic carbocycles. The van der Waals surface area contributed by atoms with Gasteiger partial charge in [-0.3, -0.25) is 9.36 Å². The highest BCUT2D eigenvalue weighted by Crippen LogP contribution is 2.25. The van der Waals surface area contributed by atoms with E-state index in [0.29, 0.717) is 0 Å². The third-order valence-corrected chi connectivity index (χ3v) is 5.21. The second-order valence-electron chi connectivity index (χ2n) is 6.83. The van der Waals surface area contributed by atoms with Crippen LogP contribution in [0.1, 0.15) is 0 Å². The first-order chi connectivity index (χ1) is 15.6. The van der Waals surface area contributed by atoms with Crippen LogP contribution in [0.3, 0.4) is 0 Å². The van der Waals surface area contributed by atoms with Crippen molar-refractivity contribution in [1.82, 2.24) is 14.5 Å². The van der Waals surface area contributed by atoms with Gasteiger partial charge >= 0.3 is 6.09 Å². The quantitative estimate of drug-likeness (QED) is 0.438. The van der Waals surface area contributed by atoms with E-state index in [1.165, 1.54) is 60.8 Å². The number of halogens is 1. The Morgan fingerprint density at radius 2 is 1.82 bits per heavy atom. The molecule has 2 aromatic heterocycles. The standard InChI is InChI=1S/C21H15FN4O6S/c1-33(29,30)21-24-11-12-9-17(31-15-7-5-13(22)6-8-15)19(27)26(18(12)25-21)14-3-2-4-16(10-14)32-20(23)28/h2-11H,1H3,(H2,23,28). The Bertz CT molecular complexity index is 1550. The highest BCUT2D eigenvalue weighted by atomic mass is 32.2. The van der Waals surface area contributed by atoms with Crippen LogP contribution >= 0.6 is 0 Å². The molecule has 0 saturated heterocycles. The van der Waals surface area contributed by atoms with Crippen LogP contribution in [0.4, 0.5) is 9.18 Å². The number of aromatic nitrogens is 3. The number of nitrogens with zero attached hydrogens (tertiary/aromatic N) is 3. The van der Waals surface area contributed by atoms with Crippen LogP contribution in [0.15, 0.2) is 70.7 Å². The van der Waals surface area contributed by atoms with Gasteiger partial charge in [0.2, 0.25) is 15.0 Å². The number of sulfone groups is 1. The number of ether oxygens (including phenoxy) is 2. The fourth-order valence-corrected chi connectivity index (χ4v) is 3.48. The predicted molar refractivity (Wildman–Crippen MR) is 115 cm³/mol. The second kappa shape index (κ2) is 8.31. The van der Waals surface area contributed by atoms with E-state index >= 15 is 0 Å². The number of amides is 1. The topological polar surface area (TPSA) is 143 Å². The zero-order valence-corrected chi connectivity index (χ0v) is 17.7. The third kappa shape index (κ3) is 4.65. The van der Waals surface area contributed by atoms with Gasteiger partial charge < -0.3 is 15.2 Å². The average Bonchev–Trinajstić information content (AvgIpc) is 2.74. The number of rotatable bonds is 5. The van der Waals surface area contributed by atoms with Crippen molar-refractivity contribution < 1.29 is 27.1 Å². The van der Waals surface area contributed by atoms with Gasteiger partial charge in [0.1, 0.15) is 17.3 Å². The SMILES string of the molecule is CS(=O)(=O)c1ncc2cc(Oc3ccc(F)cc3)c(=O)n(-c3cccc(OC(N)=O)c3)c2n1. The number of pyridine rings is 1. The number of carbonyl (C=O) groups is 1. The monoisotopic (exact) mass is 470 g/mol. The molecule has 1 amide bonds. The van der Waals surface area contributed by atoms with Crippen LogP contribution < -0.4 is 20.8 Å². The Kier molecular flexibility index (Phi) is 5.52. The largest absolute Gasteiger partial charge is 0.452 e. The highest BCUT2D eigenvalue weighted by molar-refractivity contribution is 7.90. The van der Waals surface area contributed by atoms with Gasteiger partial charge in [-0.2, -0.15) is 4.98 Å². The number of hydrogen-bond donors (Lipinski definition) is 1. The Labute approximate surface area is 186 Å². The van der Waals surface area contributed by atoms with Crippen molar-refractivity contribution in [3.8, 4) is 22.9 Å². The summed E-state index contributed by atoms with van der Waals surface area (Å²) in [7, 11) is -3.78. The summed E-state index contributed by atoms with van der Waals surface area (Å²) >= 11 is 0. The average molecular weight is 470 g/mol. The van der Waals surface area contributed by atoms with E-state index in [4.69, 9.17) is 15.2 Å². The van der Waals surface area contributed by atoms with Crippen LogP contribution in [-0.4, -0.2) is 35.3 Å². The van der Waals surface area contributed by atoms with Gasteiger partial charge in [-0.05, 0) is 42.5 Å². The molecule has 0 fully saturated rings. The first kappa shape index (κ1) is 21.9. The molecular formula is C21H15FN4O6S. The van der Waals surface area contributed by atoms with Crippen molar-refractivity contribution in [1.29, 1.82) is 0 Å². The fraction of sp³-hybridized carbons (Fsp3) is 0.0476. The van der Waals surface area contributed by atoms with Gasteiger partial charge in [-0.25, -0.2) is 22.6 Å². The number of primary amides is 1. The fourth-order valence-electron chi connectivity index (χ4n) is 2.98. The molecule has 0 aliphatic rings. The first-order valence-electron chi connectivity index (χ1n) is 9.26. The van der Waals surface area contributed by atoms with Crippen molar-refractivity contribution >= 4 is 27.0 Å². The van der Waals surface area contributed by atoms with E-state index in [1.807, 2.05) is 0 Å². The van der Waals surface area contributed by atoms with Crippen LogP contribution in [0.5, 0.6) is 17.2 Å². The van der Waals surface area contributed by atoms with E-state index < -0.39 is 32.5 Å². The number of nitrogens with two attached hydrogens (primary N) is 1. The Morgan fingerprint density at radius 3 is 2.48 bits per heavy atom. The van der Waals surface area contributed by atoms with Gasteiger partial charge in [-0.1, -0.05) is 6.07 Å². The van der Waals surface area contributed by atoms with E-state index in [9.17, 15) is 22.4 Å². The van der Waals surface area contributed by atoms with Crippen LogP contribution in [-0.2, 0) is 9.84 Å². The molecule has 0 unspecified atom stereocenters. The zero-order valence-electron chi connectivity index (χ0n) is 16.9. The molecule has 0 atom stereocenters. The number of benzene rings is 2. The Morgan fingerprint density at radius 1 is 1.09 bits per heavy atom. The lowest BCUT2D eigenvalue weighted by Gasteiger charge is -2.14. The summed E-state index contributed by atoms with van der Waals surface area (Å²) in [6.45, 7) is 0. The van der Waals surface area contributed by atoms with Crippen molar-refractivity contribution in [2.24, 2.45) is 5.73 Å². The van der Waals surface area contributed by atoms with E-state index in [2.05, 4.69) is 9.97 Å². The minimum absolute atomic E-state index is 0.0295. The van der Waals surface area contributed by atoms with Gasteiger partial charge in [-0.15, -0.1) is 0 Å². The lowest BCUT2D eigenvalue weighted by Crippen LogP contribution is -2.22. The molecule has 0 aliphatic heterocycles. The van der Waals surface area contributed by atoms with Crippen molar-refractivity contribution in [2.75, 3.05) is 6.26 Å². The summed E-state index contributed by atoms with van der Waals surface area (Å²) in [5.41, 5.74) is 4.51. The minimum atomic E-state index is -3.78. The molecular weight excluding hydrogens is 455 g/mol. The predicted octanol–water partition coefficient (Wildman–Crippen LogP) is 2.57. The maximum Gasteiger partial charge on any atom is 0.409 e. The van der Waals surface area contributed by atoms with Crippen LogP contribution in [0.2, 0.25) is 0 Å². The first-order valence-corrected chi connectivity index (χ1v) is 11.1. The Balaban J connectivity index is 1.98. The summed E-state index contributed by atoms with van der Waals surface area (Å²) in [5, 5.41) is -0.208. The molecule has 2 N–H and O–H groups in total. The molecule has 33 heavy (non-hydrogen) atoms. The third-order valence-electron chi connectivity index (χ3n) is 4.35. The molecule has 0 saturated carbocycles. The summed E-state index contributed by atoms with van der Waals surface area (Å²) < 4.78 is 48.8. The lowest BCUT2D eigenvalue weighted by molar-refractivity contribution is 0.211. The molecule has 10 nitrogen and oxygen atoms in total. The Hall–Kier alpha value is -4.32. The van der Waals surface area contributed by atoms with Gasteiger partial charge in [0.25, 0.3) is 5.56 Å². The van der Waals surface area contributed by atoms with E-state index in [1.54, 1.807) is 0 Å². The summed E-state index contributed by atoms with van der Waals surface area (Å²) in [5.74, 6) is -0.404. The molecule has 12 heteroatoms. The maximum atomic E-state index is 13.4. The minimum Gasteiger partial charge on any atom is -0.452 e. The zero-order chi connectivity index (χ0) is 23.8. The van der Waals surface area contributed by atoms with Crippen LogP contribution in [0.25, 0.3) is 16.7 Å². The molecule has 2 heterocycles. The summed E-state index contributed by atoms with van der Waals surface area (Å²) in [6.07, 6.45) is 1.11. The number of carbonyl (C=O) groups excluding carboxylic acids is 1. The van der Waals surface area contributed by atoms with E-state index in [0.717, 1.165) is 10.8 Å². The van der Waals surface area contributed by atoms with Crippen LogP contribution in [0, 0.1) is 5.82 Å². The molecule has 4 aromatic rings. The number of hydrogen-bond acceptors (Lipinski definition) is 8. The molecule has 0 bridgehead atoms. The van der Waals surface area contributed by atoms with Gasteiger partial charge in [0, 0.05) is 23.9 Å². The molecule has 4 rings (SSSR count). The highest BCUT2D eigenvalue weighted by Gasteiger charge is 2.19. The van der Waals surface area contributed by atoms with Gasteiger partial charge in [0.15, 0.2) is 11.4 Å². The van der Waals surface area contributed by atoms with Gasteiger partial charge in [0.05, 0.1) is 5.69 Å². The molecule has 2 aromatic carbocycles. The number of fused-ring (bicyclic) bond motifs is 1. The van der Waals surface area contributed by atoms with Crippen molar-refractivity contribution in [3.05, 3.63) is 77.0 Å². The van der Waals surface area contributed by atoms with Crippen molar-refractivity contribution in [3.63, 3.8) is 0 Å². The molecule has 0 radical (unpaired) electrons. The summed E-state index contributed by atoms with van der Waals surface area (Å²) in [4.78, 5) is 32.4. The second-order valence-corrected chi connectivity index (χ2v) is 8.74. The molecule has 168 valence electrons.